The highest BCUT2D eigenvalue weighted by molar-refractivity contribution is 6.30. The summed E-state index contributed by atoms with van der Waals surface area (Å²) in [5, 5.41) is 4.47. The standard InChI is InChI=1S/C39H43ClFN5O2/c1-44(38(47)29-9-3-2-4-10-29)28-31(30-11-7-12-32(40)27-30)19-23-45-24-20-34(21-25-45)42-39-43-36-13-5-6-14-37(36)46(39)22-8-26-48-35-17-15-33(41)16-18-35/h2-7,9-18,27,31,34H,8,19-26,28H2,1H3,(H,42,43). The lowest BCUT2D eigenvalue weighted by molar-refractivity contribution is 0.0782. The first-order valence-corrected chi connectivity index (χ1v) is 17.2. The molecule has 1 amide bonds. The molecule has 2 heterocycles. The maximum Gasteiger partial charge on any atom is 0.253 e. The summed E-state index contributed by atoms with van der Waals surface area (Å²) in [7, 11) is 1.88. The fourth-order valence-corrected chi connectivity index (χ4v) is 6.71. The van der Waals surface area contributed by atoms with Crippen molar-refractivity contribution in [3.8, 4) is 5.75 Å². The van der Waals surface area contributed by atoms with Gasteiger partial charge in [0.25, 0.3) is 5.91 Å². The molecule has 7 nitrogen and oxygen atoms in total. The van der Waals surface area contributed by atoms with Crippen molar-refractivity contribution in [1.82, 2.24) is 19.4 Å². The number of benzene rings is 4. The second-order valence-electron chi connectivity index (χ2n) is 12.6. The summed E-state index contributed by atoms with van der Waals surface area (Å²) < 4.78 is 21.3. The number of para-hydroxylation sites is 2. The molecule has 1 saturated heterocycles. The number of hydrogen-bond acceptors (Lipinski definition) is 5. The molecular weight excluding hydrogens is 625 g/mol. The molecule has 1 atom stereocenters. The van der Waals surface area contributed by atoms with Gasteiger partial charge >= 0.3 is 0 Å². The first-order valence-electron chi connectivity index (χ1n) is 16.8. The number of carbonyl (C=O) groups excluding carboxylic acids is 1. The maximum atomic E-state index is 13.2. The number of hydrogen-bond donors (Lipinski definition) is 1. The number of ether oxygens (including phenoxy) is 1. The molecule has 4 aromatic carbocycles. The Kier molecular flexibility index (Phi) is 11.3. The minimum absolute atomic E-state index is 0.0287. The lowest BCUT2D eigenvalue weighted by Gasteiger charge is -2.34. The van der Waals surface area contributed by atoms with Gasteiger partial charge in [0.2, 0.25) is 5.95 Å². The third kappa shape index (κ3) is 8.74. The smallest absolute Gasteiger partial charge is 0.253 e. The van der Waals surface area contributed by atoms with Crippen molar-refractivity contribution in [3.63, 3.8) is 0 Å². The summed E-state index contributed by atoms with van der Waals surface area (Å²) in [6, 6.07) is 32.2. The van der Waals surface area contributed by atoms with E-state index in [9.17, 15) is 9.18 Å². The van der Waals surface area contributed by atoms with Crippen molar-refractivity contribution in [1.29, 1.82) is 0 Å². The van der Waals surface area contributed by atoms with Gasteiger partial charge in [-0.15, -0.1) is 0 Å². The van der Waals surface area contributed by atoms with Gasteiger partial charge in [-0.1, -0.05) is 54.1 Å². The van der Waals surface area contributed by atoms with Crippen LogP contribution in [0.1, 0.15) is 47.5 Å². The zero-order valence-corrected chi connectivity index (χ0v) is 28.2. The molecule has 48 heavy (non-hydrogen) atoms. The van der Waals surface area contributed by atoms with E-state index < -0.39 is 0 Å². The summed E-state index contributed by atoms with van der Waals surface area (Å²) in [5.41, 5.74) is 3.93. The average molecular weight is 668 g/mol. The molecule has 0 bridgehead atoms. The number of anilines is 1. The Morgan fingerprint density at radius 2 is 1.73 bits per heavy atom. The largest absolute Gasteiger partial charge is 0.494 e. The monoisotopic (exact) mass is 667 g/mol. The van der Waals surface area contributed by atoms with E-state index in [4.69, 9.17) is 21.3 Å². The highest BCUT2D eigenvalue weighted by atomic mass is 35.5. The summed E-state index contributed by atoms with van der Waals surface area (Å²) >= 11 is 6.40. The molecule has 1 aromatic heterocycles. The first kappa shape index (κ1) is 33.5. The highest BCUT2D eigenvalue weighted by Gasteiger charge is 2.24. The van der Waals surface area contributed by atoms with E-state index in [1.165, 1.54) is 12.1 Å². The van der Waals surface area contributed by atoms with Crippen LogP contribution in [0.4, 0.5) is 10.3 Å². The minimum Gasteiger partial charge on any atom is -0.494 e. The summed E-state index contributed by atoms with van der Waals surface area (Å²) in [5.74, 6) is 1.49. The molecule has 6 rings (SSSR count). The SMILES string of the molecule is CN(CC(CCN1CCC(Nc2nc3ccccc3n2CCCOc2ccc(F)cc2)CC1)c1cccc(Cl)c1)C(=O)c1ccccc1. The fourth-order valence-electron chi connectivity index (χ4n) is 6.52. The van der Waals surface area contributed by atoms with E-state index in [1.54, 1.807) is 12.1 Å². The Bertz CT molecular complexity index is 1770. The van der Waals surface area contributed by atoms with Crippen molar-refractivity contribution >= 4 is 34.5 Å². The van der Waals surface area contributed by atoms with E-state index in [1.807, 2.05) is 72.6 Å². The summed E-state index contributed by atoms with van der Waals surface area (Å²) in [6.45, 7) is 4.84. The van der Waals surface area contributed by atoms with E-state index in [2.05, 4.69) is 33.0 Å². The molecule has 9 heteroatoms. The van der Waals surface area contributed by atoms with Gasteiger partial charge in [0.1, 0.15) is 11.6 Å². The Hall–Kier alpha value is -4.40. The second-order valence-corrected chi connectivity index (χ2v) is 13.0. The number of aryl methyl sites for hydroxylation is 1. The van der Waals surface area contributed by atoms with Crippen LogP contribution in [0.3, 0.4) is 0 Å². The number of likely N-dealkylation sites (tertiary alicyclic amines) is 1. The van der Waals surface area contributed by atoms with Crippen LogP contribution in [-0.2, 0) is 6.54 Å². The zero-order chi connectivity index (χ0) is 33.3. The number of amides is 1. The van der Waals surface area contributed by atoms with Crippen LogP contribution < -0.4 is 10.1 Å². The Morgan fingerprint density at radius 1 is 0.979 bits per heavy atom. The van der Waals surface area contributed by atoms with Gasteiger partial charge in [0, 0.05) is 55.8 Å². The number of carbonyl (C=O) groups is 1. The number of fused-ring (bicyclic) bond motifs is 1. The quantitative estimate of drug-likeness (QED) is 0.121. The van der Waals surface area contributed by atoms with Gasteiger partial charge < -0.3 is 24.4 Å². The summed E-state index contributed by atoms with van der Waals surface area (Å²) in [6.07, 6.45) is 3.77. The topological polar surface area (TPSA) is 62.6 Å². The van der Waals surface area contributed by atoms with Crippen molar-refractivity contribution in [2.45, 2.75) is 44.2 Å². The van der Waals surface area contributed by atoms with Gasteiger partial charge in [-0.3, -0.25) is 4.79 Å². The molecule has 5 aromatic rings. The van der Waals surface area contributed by atoms with Crippen LogP contribution >= 0.6 is 11.6 Å². The van der Waals surface area contributed by atoms with E-state index >= 15 is 0 Å². The Labute approximate surface area is 287 Å². The highest BCUT2D eigenvalue weighted by Crippen LogP contribution is 2.27. The number of piperidine rings is 1. The van der Waals surface area contributed by atoms with Gasteiger partial charge in [-0.05, 0) is 98.5 Å². The fraction of sp³-hybridized carbons (Fsp3) is 0.333. The van der Waals surface area contributed by atoms with Gasteiger partial charge in [-0.25, -0.2) is 9.37 Å². The molecule has 0 saturated carbocycles. The van der Waals surface area contributed by atoms with Gasteiger partial charge in [-0.2, -0.15) is 0 Å². The van der Waals surface area contributed by atoms with Crippen LogP contribution in [0.5, 0.6) is 5.75 Å². The molecular formula is C39H43ClFN5O2. The minimum atomic E-state index is -0.268. The van der Waals surface area contributed by atoms with E-state index in [0.29, 0.717) is 35.5 Å². The maximum absolute atomic E-state index is 13.2. The van der Waals surface area contributed by atoms with Crippen molar-refractivity contribution < 1.29 is 13.9 Å². The second kappa shape index (κ2) is 16.1. The lowest BCUT2D eigenvalue weighted by atomic mass is 9.94. The number of likely N-dealkylation sites (N-methyl/N-ethyl adjacent to an activating group) is 1. The van der Waals surface area contributed by atoms with Crippen LogP contribution in [0, 0.1) is 5.82 Å². The third-order valence-corrected chi connectivity index (χ3v) is 9.39. The van der Waals surface area contributed by atoms with Crippen LogP contribution in [0.2, 0.25) is 5.02 Å². The first-order chi connectivity index (χ1) is 23.4. The van der Waals surface area contributed by atoms with Crippen LogP contribution in [0.25, 0.3) is 11.0 Å². The average Bonchev–Trinajstić information content (AvgIpc) is 3.46. The predicted molar refractivity (Wildman–Crippen MR) is 192 cm³/mol. The summed E-state index contributed by atoms with van der Waals surface area (Å²) in [4.78, 5) is 22.5. The normalized spacial score (nSPS) is 14.6. The van der Waals surface area contributed by atoms with Crippen molar-refractivity contribution in [2.24, 2.45) is 0 Å². The van der Waals surface area contributed by atoms with E-state index in [-0.39, 0.29) is 17.6 Å². The molecule has 1 aliphatic heterocycles. The van der Waals surface area contributed by atoms with Crippen molar-refractivity contribution in [3.05, 3.63) is 125 Å². The van der Waals surface area contributed by atoms with Gasteiger partial charge in [0.15, 0.2) is 0 Å². The molecule has 1 N–H and O–H groups in total. The number of nitrogens with one attached hydrogen (secondary N) is 1. The lowest BCUT2D eigenvalue weighted by Crippen LogP contribution is -2.40. The number of halogens is 2. The molecule has 0 spiro atoms. The number of aromatic nitrogens is 2. The predicted octanol–water partition coefficient (Wildman–Crippen LogP) is 8.12. The van der Waals surface area contributed by atoms with Gasteiger partial charge in [0.05, 0.1) is 17.6 Å². The Morgan fingerprint density at radius 3 is 2.50 bits per heavy atom. The molecule has 0 radical (unpaired) electrons. The third-order valence-electron chi connectivity index (χ3n) is 9.16. The molecule has 1 unspecified atom stereocenters. The van der Waals surface area contributed by atoms with Crippen LogP contribution in [-0.4, -0.2) is 71.1 Å². The number of rotatable bonds is 14. The molecule has 0 aliphatic carbocycles. The van der Waals surface area contributed by atoms with Crippen LogP contribution in [0.15, 0.2) is 103 Å². The molecule has 1 fully saturated rings. The zero-order valence-electron chi connectivity index (χ0n) is 27.4. The number of imidazole rings is 1. The molecule has 1 aliphatic rings. The molecule has 250 valence electrons. The number of nitrogens with zero attached hydrogens (tertiary/aromatic N) is 4. The Balaban J connectivity index is 1.03. The van der Waals surface area contributed by atoms with E-state index in [0.717, 1.165) is 74.4 Å². The van der Waals surface area contributed by atoms with Crippen molar-refractivity contribution in [2.75, 3.05) is 45.2 Å².